The molecule has 0 saturated carbocycles. The molecule has 1 atom stereocenters. The SMILES string of the molecule is C[Si](C)(C)/C1=C/CCCCCCCC1[Si](C)(C)C. The van der Waals surface area contributed by atoms with Crippen molar-refractivity contribution in [1.82, 2.24) is 0 Å². The van der Waals surface area contributed by atoms with Crippen LogP contribution in [0.1, 0.15) is 44.9 Å². The summed E-state index contributed by atoms with van der Waals surface area (Å²) in [6.45, 7) is 15.4. The lowest BCUT2D eigenvalue weighted by Gasteiger charge is -2.38. The summed E-state index contributed by atoms with van der Waals surface area (Å²) in [5, 5.41) is 1.92. The lowest BCUT2D eigenvalue weighted by atomic mass is 10.0. The molecule has 1 rings (SSSR count). The Morgan fingerprint density at radius 3 is 1.94 bits per heavy atom. The van der Waals surface area contributed by atoms with Crippen molar-refractivity contribution < 1.29 is 0 Å². The third-order valence-electron chi connectivity index (χ3n) is 4.35. The average molecular weight is 283 g/mol. The summed E-state index contributed by atoms with van der Waals surface area (Å²) < 4.78 is 0. The second kappa shape index (κ2) is 6.56. The zero-order valence-electron chi connectivity index (χ0n) is 13.6. The lowest BCUT2D eigenvalue weighted by Crippen LogP contribution is -2.38. The quantitative estimate of drug-likeness (QED) is 0.526. The number of hydrogen-bond donors (Lipinski definition) is 0. The van der Waals surface area contributed by atoms with Gasteiger partial charge in [-0.25, -0.2) is 0 Å². The molecule has 18 heavy (non-hydrogen) atoms. The molecule has 0 bridgehead atoms. The van der Waals surface area contributed by atoms with Crippen LogP contribution in [0.25, 0.3) is 0 Å². The Hall–Kier alpha value is 0.174. The Morgan fingerprint density at radius 1 is 0.833 bits per heavy atom. The van der Waals surface area contributed by atoms with E-state index < -0.39 is 16.1 Å². The smallest absolute Gasteiger partial charge is 0.0720 e. The summed E-state index contributed by atoms with van der Waals surface area (Å²) >= 11 is 0. The van der Waals surface area contributed by atoms with Crippen molar-refractivity contribution in [2.75, 3.05) is 0 Å². The highest BCUT2D eigenvalue weighted by atomic mass is 28.3. The molecule has 2 heteroatoms. The van der Waals surface area contributed by atoms with E-state index in [-0.39, 0.29) is 0 Å². The van der Waals surface area contributed by atoms with Gasteiger partial charge in [0.15, 0.2) is 0 Å². The number of rotatable bonds is 2. The zero-order chi connectivity index (χ0) is 13.8. The van der Waals surface area contributed by atoms with E-state index in [4.69, 9.17) is 0 Å². The third-order valence-corrected chi connectivity index (χ3v) is 9.61. The average Bonchev–Trinajstić information content (AvgIpc) is 2.22. The fourth-order valence-corrected chi connectivity index (χ4v) is 9.97. The molecule has 0 amide bonds. The van der Waals surface area contributed by atoms with E-state index in [0.29, 0.717) is 0 Å². The summed E-state index contributed by atoms with van der Waals surface area (Å²) in [5.41, 5.74) is 0.960. The summed E-state index contributed by atoms with van der Waals surface area (Å²) in [6.07, 6.45) is 12.8. The van der Waals surface area contributed by atoms with Crippen LogP contribution in [0.15, 0.2) is 11.3 Å². The van der Waals surface area contributed by atoms with Gasteiger partial charge >= 0.3 is 0 Å². The van der Waals surface area contributed by atoms with Gasteiger partial charge in [-0.2, -0.15) is 0 Å². The first-order chi connectivity index (χ1) is 8.23. The van der Waals surface area contributed by atoms with Crippen molar-refractivity contribution >= 4 is 16.1 Å². The maximum absolute atomic E-state index is 2.68. The molecule has 1 aliphatic rings. The molecule has 106 valence electrons. The van der Waals surface area contributed by atoms with Crippen LogP contribution >= 0.6 is 0 Å². The highest BCUT2D eigenvalue weighted by Gasteiger charge is 2.35. The van der Waals surface area contributed by atoms with Gasteiger partial charge in [0.2, 0.25) is 0 Å². The van der Waals surface area contributed by atoms with Crippen LogP contribution in [0.5, 0.6) is 0 Å². The molecule has 0 spiro atoms. The topological polar surface area (TPSA) is 0 Å². The van der Waals surface area contributed by atoms with E-state index in [9.17, 15) is 0 Å². The Balaban J connectivity index is 3.01. The predicted octanol–water partition coefficient (Wildman–Crippen LogP) is 6.24. The van der Waals surface area contributed by atoms with Crippen LogP contribution in [0.4, 0.5) is 0 Å². The van der Waals surface area contributed by atoms with Crippen molar-refractivity contribution in [2.45, 2.75) is 89.8 Å². The highest BCUT2D eigenvalue weighted by molar-refractivity contribution is 6.88. The summed E-state index contributed by atoms with van der Waals surface area (Å²) in [7, 11) is -2.18. The van der Waals surface area contributed by atoms with Crippen LogP contribution in [0.2, 0.25) is 44.8 Å². The lowest BCUT2D eigenvalue weighted by molar-refractivity contribution is 0.585. The van der Waals surface area contributed by atoms with Gasteiger partial charge in [-0.3, -0.25) is 0 Å². The van der Waals surface area contributed by atoms with Gasteiger partial charge in [0.05, 0.1) is 16.1 Å². The maximum atomic E-state index is 2.68. The van der Waals surface area contributed by atoms with Gasteiger partial charge in [0.25, 0.3) is 0 Å². The predicted molar refractivity (Wildman–Crippen MR) is 90.8 cm³/mol. The molecular formula is C16H34Si2. The second-order valence-corrected chi connectivity index (χ2v) is 18.7. The van der Waals surface area contributed by atoms with Crippen LogP contribution in [-0.4, -0.2) is 16.1 Å². The van der Waals surface area contributed by atoms with Crippen molar-refractivity contribution in [3.63, 3.8) is 0 Å². The minimum absolute atomic E-state index is 0.960. The van der Waals surface area contributed by atoms with Crippen LogP contribution in [0, 0.1) is 0 Å². The molecule has 0 nitrogen and oxygen atoms in total. The molecule has 1 unspecified atom stereocenters. The molecule has 0 N–H and O–H groups in total. The van der Waals surface area contributed by atoms with E-state index in [1.165, 1.54) is 44.9 Å². The van der Waals surface area contributed by atoms with E-state index in [0.717, 1.165) is 5.54 Å². The maximum Gasteiger partial charge on any atom is 0.0720 e. The van der Waals surface area contributed by atoms with E-state index in [1.54, 1.807) is 0 Å². The van der Waals surface area contributed by atoms with Crippen molar-refractivity contribution in [3.8, 4) is 0 Å². The first kappa shape index (κ1) is 16.2. The molecule has 0 aromatic heterocycles. The van der Waals surface area contributed by atoms with Crippen molar-refractivity contribution in [3.05, 3.63) is 11.3 Å². The molecule has 0 radical (unpaired) electrons. The molecular weight excluding hydrogens is 248 g/mol. The van der Waals surface area contributed by atoms with Gasteiger partial charge in [-0.05, 0) is 24.8 Å². The molecule has 0 aromatic rings. The number of allylic oxidation sites excluding steroid dienone is 2. The molecule has 0 saturated heterocycles. The summed E-state index contributed by atoms with van der Waals surface area (Å²) in [4.78, 5) is 0. The zero-order valence-corrected chi connectivity index (χ0v) is 15.6. The highest BCUT2D eigenvalue weighted by Crippen LogP contribution is 2.40. The Labute approximate surface area is 117 Å². The third kappa shape index (κ3) is 5.04. The van der Waals surface area contributed by atoms with Gasteiger partial charge in [-0.15, -0.1) is 0 Å². The van der Waals surface area contributed by atoms with E-state index >= 15 is 0 Å². The molecule has 0 aromatic carbocycles. The monoisotopic (exact) mass is 282 g/mol. The van der Waals surface area contributed by atoms with Crippen molar-refractivity contribution in [1.29, 1.82) is 0 Å². The van der Waals surface area contributed by atoms with Crippen LogP contribution in [-0.2, 0) is 0 Å². The second-order valence-electron chi connectivity index (χ2n) is 8.17. The fraction of sp³-hybridized carbons (Fsp3) is 0.875. The Morgan fingerprint density at radius 2 is 1.39 bits per heavy atom. The van der Waals surface area contributed by atoms with E-state index in [1.807, 2.05) is 5.20 Å². The van der Waals surface area contributed by atoms with Gasteiger partial charge in [0, 0.05) is 0 Å². The molecule has 0 heterocycles. The first-order valence-corrected chi connectivity index (χ1v) is 15.0. The largest absolute Gasteiger partial charge is 0.0892 e. The Kier molecular flexibility index (Phi) is 5.91. The molecule has 1 aliphatic carbocycles. The van der Waals surface area contributed by atoms with Gasteiger partial charge < -0.3 is 0 Å². The van der Waals surface area contributed by atoms with Crippen molar-refractivity contribution in [2.24, 2.45) is 0 Å². The van der Waals surface area contributed by atoms with Crippen LogP contribution < -0.4 is 0 Å². The first-order valence-electron chi connectivity index (χ1n) is 7.93. The molecule has 0 aliphatic heterocycles. The molecule has 0 fully saturated rings. The minimum atomic E-state index is -1.13. The standard InChI is InChI=1S/C16H34Si2/c1-17(2,3)15-13-11-9-7-8-10-12-14-16(15)18(4,5)6/h13,16H,7-12,14H2,1-6H3/b15-13+. The minimum Gasteiger partial charge on any atom is -0.0892 e. The normalized spacial score (nSPS) is 27.4. The van der Waals surface area contributed by atoms with E-state index in [2.05, 4.69) is 45.4 Å². The summed E-state index contributed by atoms with van der Waals surface area (Å²) in [6, 6.07) is 0. The van der Waals surface area contributed by atoms with Gasteiger partial charge in [-0.1, -0.05) is 76.2 Å². The Bertz CT molecular complexity index is 278. The van der Waals surface area contributed by atoms with Gasteiger partial charge in [0.1, 0.15) is 0 Å². The van der Waals surface area contributed by atoms with Crippen LogP contribution in [0.3, 0.4) is 0 Å². The number of hydrogen-bond acceptors (Lipinski definition) is 0. The summed E-state index contributed by atoms with van der Waals surface area (Å²) in [5.74, 6) is 0. The fourth-order valence-electron chi connectivity index (χ4n) is 3.31.